The highest BCUT2D eigenvalue weighted by Crippen LogP contribution is 2.78. The average molecular weight is 1360 g/mol. The fraction of sp³-hybridized carbons (Fsp3) is 0.868. The number of hydrogen-bond donors (Lipinski definition) is 8. The van der Waals surface area contributed by atoms with E-state index in [1.807, 2.05) is 23.5 Å². The lowest BCUT2D eigenvalue weighted by Gasteiger charge is -2.79. The van der Waals surface area contributed by atoms with Crippen LogP contribution in [0.4, 0.5) is 9.59 Å². The molecule has 4 heterocycles. The first-order valence-electron chi connectivity index (χ1n) is 38.7. The number of unbranched alkanes of at least 4 members (excludes halogenated alkanes) is 18. The quantitative estimate of drug-likeness (QED) is 0.00928. The van der Waals surface area contributed by atoms with Crippen molar-refractivity contribution in [1.82, 2.24) is 21.3 Å². The molecule has 8 saturated carbocycles. The zero-order chi connectivity index (χ0) is 66.8. The van der Waals surface area contributed by atoms with Gasteiger partial charge in [-0.2, -0.15) is 23.5 Å². The summed E-state index contributed by atoms with van der Waals surface area (Å²) in [6, 6.07) is 0.862. The number of allylic oxidation sites excluding steroid dienone is 2. The van der Waals surface area contributed by atoms with Crippen LogP contribution in [-0.4, -0.2) is 139 Å². The van der Waals surface area contributed by atoms with Crippen molar-refractivity contribution in [3.63, 3.8) is 0 Å². The van der Waals surface area contributed by atoms with E-state index >= 15 is 0 Å². The molecule has 0 spiro atoms. The van der Waals surface area contributed by atoms with Gasteiger partial charge in [0.2, 0.25) is 0 Å². The van der Waals surface area contributed by atoms with Gasteiger partial charge >= 0.3 is 35.9 Å². The molecule has 24 atom stereocenters. The van der Waals surface area contributed by atoms with E-state index in [4.69, 9.17) is 19.3 Å². The van der Waals surface area contributed by atoms with Crippen molar-refractivity contribution in [2.75, 3.05) is 11.5 Å². The summed E-state index contributed by atoms with van der Waals surface area (Å²) in [4.78, 5) is 71.2. The third-order valence-electron chi connectivity index (χ3n) is 24.8. The van der Waals surface area contributed by atoms with Crippen LogP contribution in [0.5, 0.6) is 0 Å². The first-order chi connectivity index (χ1) is 46.2. The van der Waals surface area contributed by atoms with Crippen molar-refractivity contribution < 1.29 is 63.4 Å². The van der Waals surface area contributed by atoms with Gasteiger partial charge in [-0.3, -0.25) is 19.2 Å². The van der Waals surface area contributed by atoms with Gasteiger partial charge in [0, 0.05) is 66.4 Å². The van der Waals surface area contributed by atoms with Crippen LogP contribution in [0.2, 0.25) is 0 Å². The monoisotopic (exact) mass is 1360 g/mol. The number of aliphatic hydroxyl groups is 3. The number of rotatable bonds is 43. The molecule has 4 aliphatic heterocycles. The first-order valence-corrected chi connectivity index (χ1v) is 40.8. The van der Waals surface area contributed by atoms with Gasteiger partial charge in [-0.05, 0) is 181 Å². The van der Waals surface area contributed by atoms with Crippen molar-refractivity contribution in [1.29, 1.82) is 0 Å². The van der Waals surface area contributed by atoms with E-state index in [-0.39, 0.29) is 97.2 Å². The van der Waals surface area contributed by atoms with Gasteiger partial charge in [0.1, 0.15) is 18.3 Å². The Morgan fingerprint density at radius 1 is 0.453 bits per heavy atom. The van der Waals surface area contributed by atoms with Crippen LogP contribution in [-0.2, 0) is 33.4 Å². The molecule has 12 aliphatic rings. The molecule has 0 aromatic rings. The molecule has 0 bridgehead atoms. The second kappa shape index (κ2) is 37.2. The Balaban J connectivity index is 0.000000179. The summed E-state index contributed by atoms with van der Waals surface area (Å²) in [5.41, 5.74) is 0. The number of esters is 3. The number of thioether (sulfide) groups is 2. The number of ether oxygens (including phenoxy) is 3. The Bertz CT molecular complexity index is 2500. The van der Waals surface area contributed by atoms with E-state index in [9.17, 15) is 44.1 Å². The molecule has 19 heteroatoms. The number of carbonyl (C=O) groups excluding carboxylic acids is 5. The summed E-state index contributed by atoms with van der Waals surface area (Å²) in [6.07, 6.45) is 45.9. The molecule has 12 fully saturated rings. The molecule has 0 aromatic carbocycles. The van der Waals surface area contributed by atoms with Crippen LogP contribution in [0.25, 0.3) is 0 Å². The SMILES string of the molecule is CCCCCC[C@H](C/C=C\CCCCCCCC(=O)O)OC(=O)CCCC[C@@H]1SC[C@@H]2NC(=O)N[C@@H]21.CCCCCC[C@H](C/C=C\CCCCCCCC(=O)OC1CC2C1C1C3CC(O)C3C21)OC(=O)CCCC[C@@H]1SC[C@@H]2NC(=O)N[C@@H]21.OC1CC2C1C1C3CC(O)C3C21. The molecular formula is C76H122N4O13S2. The molecular weight excluding hydrogens is 1240 g/mol. The predicted molar refractivity (Wildman–Crippen MR) is 373 cm³/mol. The minimum Gasteiger partial charge on any atom is -0.481 e. The van der Waals surface area contributed by atoms with Crippen molar-refractivity contribution >= 4 is 59.5 Å². The standard InChI is InChI=1S/C38H60N2O6S.C28H48N2O5S.C10H14O2/c1-2-3-4-11-16-24(45-31(42)20-15-14-18-30-37-27(23-47-30)39-38(44)40-37)17-12-9-7-5-6-8-10-13-19-32(43)46-29-22-26-34(29)36-25-21-28(41)33(25)35(26)36;1-2-3-4-11-16-22(17-12-9-7-5-6-8-10-13-19-25(31)32)35-26(33)20-15-14-18-24-27-23(21-36-24)29-28(34)30-27;11-5-1-3-7(5)10-4-2-6(12)8(4)9(3)10/h9,12,24-30,33-37,41H,2-8,10-11,13-23H2,1H3,(H2,39,40,44);9,12,22-24,27H,2-8,10-11,13-21H2,1H3,(H,31,32)(H2,29,30,34);3-12H,1-2H2/b2*12-9-;/t24-,25?,26?,27+,28?,29?,30+,33?,34?,35?,36?,37+;22-,23+,24+,27+;/m11./s1. The summed E-state index contributed by atoms with van der Waals surface area (Å²) >= 11 is 3.84. The fourth-order valence-corrected chi connectivity index (χ4v) is 22.6. The molecule has 12 rings (SSSR count). The summed E-state index contributed by atoms with van der Waals surface area (Å²) < 4.78 is 17.7. The number of carboxylic acids is 1. The van der Waals surface area contributed by atoms with Crippen LogP contribution in [0.15, 0.2) is 24.3 Å². The zero-order valence-electron chi connectivity index (χ0n) is 57.7. The summed E-state index contributed by atoms with van der Waals surface area (Å²) in [7, 11) is 0. The molecule has 0 radical (unpaired) electrons. The molecule has 4 saturated heterocycles. The smallest absolute Gasteiger partial charge is 0.315 e. The number of urea groups is 2. The van der Waals surface area contributed by atoms with Gasteiger partial charge in [-0.1, -0.05) is 128 Å². The Hall–Kier alpha value is -3.52. The Labute approximate surface area is 577 Å². The minimum absolute atomic E-state index is 0.00598. The highest BCUT2D eigenvalue weighted by atomic mass is 32.2. The first kappa shape index (κ1) is 74.2. The van der Waals surface area contributed by atoms with E-state index in [2.05, 4.69) is 59.4 Å². The van der Waals surface area contributed by atoms with Crippen LogP contribution in [0, 0.1) is 71.0 Å². The van der Waals surface area contributed by atoms with Gasteiger partial charge < -0.3 is 55.9 Å². The second-order valence-electron chi connectivity index (χ2n) is 31.0. The zero-order valence-corrected chi connectivity index (χ0v) is 59.4. The summed E-state index contributed by atoms with van der Waals surface area (Å²) in [6.45, 7) is 4.42. The van der Waals surface area contributed by atoms with Crippen LogP contribution < -0.4 is 21.3 Å². The number of nitrogens with one attached hydrogen (secondary N) is 4. The van der Waals surface area contributed by atoms with E-state index < -0.39 is 5.97 Å². The van der Waals surface area contributed by atoms with Crippen LogP contribution in [0.3, 0.4) is 0 Å². The maximum atomic E-state index is 12.7. The highest BCUT2D eigenvalue weighted by molar-refractivity contribution is 8.00. The lowest BCUT2D eigenvalue weighted by Crippen LogP contribution is -2.79. The molecule has 17 nitrogen and oxygen atoms in total. The molecule has 4 amide bonds. The Morgan fingerprint density at radius 3 is 1.28 bits per heavy atom. The predicted octanol–water partition coefficient (Wildman–Crippen LogP) is 13.7. The molecule has 95 heavy (non-hydrogen) atoms. The van der Waals surface area contributed by atoms with E-state index in [1.54, 1.807) is 0 Å². The minimum atomic E-state index is -0.706. The normalized spacial score (nSPS) is 35.9. The number of carbonyl (C=O) groups is 6. The Kier molecular flexibility index (Phi) is 29.1. The fourth-order valence-electron chi connectivity index (χ4n) is 19.5. The molecule has 8 aliphatic carbocycles. The largest absolute Gasteiger partial charge is 0.481 e. The lowest BCUT2D eigenvalue weighted by molar-refractivity contribution is -0.349. The number of fused-ring (bicyclic) bond motifs is 16. The average Bonchev–Trinajstić information content (AvgIpc) is 1.27. The van der Waals surface area contributed by atoms with E-state index in [1.165, 1.54) is 44.9 Å². The molecule has 536 valence electrons. The van der Waals surface area contributed by atoms with Crippen LogP contribution in [0.1, 0.15) is 258 Å². The summed E-state index contributed by atoms with van der Waals surface area (Å²) in [5.74, 6) is 9.76. The van der Waals surface area contributed by atoms with E-state index in [0.717, 1.165) is 232 Å². The summed E-state index contributed by atoms with van der Waals surface area (Å²) in [5, 5.41) is 50.5. The van der Waals surface area contributed by atoms with Crippen molar-refractivity contribution in [2.24, 2.45) is 71.0 Å². The Morgan fingerprint density at radius 2 is 0.842 bits per heavy atom. The third kappa shape index (κ3) is 19.5. The maximum Gasteiger partial charge on any atom is 0.315 e. The van der Waals surface area contributed by atoms with Gasteiger partial charge in [-0.15, -0.1) is 0 Å². The maximum absolute atomic E-state index is 12.7. The molecule has 8 N–H and O–H groups in total. The highest BCUT2D eigenvalue weighted by Gasteiger charge is 2.77. The third-order valence-corrected chi connectivity index (χ3v) is 27.8. The molecule has 16 unspecified atom stereocenters. The lowest BCUT2D eigenvalue weighted by atomic mass is 9.27. The van der Waals surface area contributed by atoms with E-state index in [0.29, 0.717) is 53.4 Å². The van der Waals surface area contributed by atoms with Gasteiger partial charge in [0.15, 0.2) is 0 Å². The van der Waals surface area contributed by atoms with Gasteiger partial charge in [0.25, 0.3) is 0 Å². The van der Waals surface area contributed by atoms with Gasteiger partial charge in [0.05, 0.1) is 42.5 Å². The molecule has 0 aromatic heterocycles. The number of aliphatic carboxylic acids is 1. The van der Waals surface area contributed by atoms with Crippen LogP contribution >= 0.6 is 23.5 Å². The van der Waals surface area contributed by atoms with Crippen molar-refractivity contribution in [3.8, 4) is 0 Å². The van der Waals surface area contributed by atoms with Crippen molar-refractivity contribution in [2.45, 2.75) is 329 Å². The van der Waals surface area contributed by atoms with Crippen molar-refractivity contribution in [3.05, 3.63) is 24.3 Å². The van der Waals surface area contributed by atoms with Gasteiger partial charge in [-0.25, -0.2) is 9.59 Å². The number of aliphatic hydroxyl groups excluding tert-OH is 3. The second-order valence-corrected chi connectivity index (χ2v) is 33.6. The number of hydrogen-bond acceptors (Lipinski definition) is 14. The number of carboxylic acid groups (broad SMARTS) is 1. The topological polar surface area (TPSA) is 259 Å². The number of amides is 4.